The molecule has 0 aliphatic carbocycles. The Morgan fingerprint density at radius 3 is 2.50 bits per heavy atom. The van der Waals surface area contributed by atoms with Crippen LogP contribution < -0.4 is 10.1 Å². The van der Waals surface area contributed by atoms with Crippen molar-refractivity contribution < 1.29 is 14.5 Å². The van der Waals surface area contributed by atoms with E-state index in [2.05, 4.69) is 26.2 Å². The Bertz CT molecular complexity index is 961. The molecule has 8 heteroatoms. The molecule has 0 aliphatic rings. The fourth-order valence-electron chi connectivity index (χ4n) is 2.16. The van der Waals surface area contributed by atoms with Gasteiger partial charge in [-0.05, 0) is 58.4 Å². The highest BCUT2D eigenvalue weighted by molar-refractivity contribution is 9.10. The molecule has 1 aromatic heterocycles. The van der Waals surface area contributed by atoms with Crippen LogP contribution in [0.4, 0.5) is 11.4 Å². The van der Waals surface area contributed by atoms with E-state index in [1.54, 1.807) is 42.5 Å². The Hall–Kier alpha value is -3.26. The third-order valence-corrected chi connectivity index (χ3v) is 4.08. The molecule has 26 heavy (non-hydrogen) atoms. The Morgan fingerprint density at radius 1 is 1.08 bits per heavy atom. The van der Waals surface area contributed by atoms with Crippen LogP contribution in [-0.2, 0) is 0 Å². The minimum Gasteiger partial charge on any atom is -0.434 e. The van der Waals surface area contributed by atoms with Gasteiger partial charge in [0.1, 0.15) is 5.75 Å². The summed E-state index contributed by atoms with van der Waals surface area (Å²) in [7, 11) is 0. The van der Waals surface area contributed by atoms with Crippen LogP contribution in [0.15, 0.2) is 71.3 Å². The van der Waals surface area contributed by atoms with E-state index in [0.29, 0.717) is 21.5 Å². The van der Waals surface area contributed by atoms with Gasteiger partial charge in [0.15, 0.2) is 0 Å². The first-order valence-corrected chi connectivity index (χ1v) is 8.27. The number of carbonyl (C=O) groups excluding carboxylic acids is 1. The lowest BCUT2D eigenvalue weighted by molar-refractivity contribution is -0.386. The molecule has 0 unspecified atom stereocenters. The number of hydrogen-bond donors (Lipinski definition) is 1. The molecule has 1 N–H and O–H groups in total. The van der Waals surface area contributed by atoms with Crippen molar-refractivity contribution in [3.05, 3.63) is 87.0 Å². The maximum atomic E-state index is 12.3. The fraction of sp³-hybridized carbons (Fsp3) is 0. The van der Waals surface area contributed by atoms with E-state index in [1.165, 1.54) is 18.3 Å². The second-order valence-electron chi connectivity index (χ2n) is 5.15. The van der Waals surface area contributed by atoms with Gasteiger partial charge >= 0.3 is 5.69 Å². The molecule has 3 aromatic rings. The highest BCUT2D eigenvalue weighted by Gasteiger charge is 2.16. The van der Waals surface area contributed by atoms with Gasteiger partial charge in [0, 0.05) is 22.4 Å². The average molecular weight is 414 g/mol. The maximum Gasteiger partial charge on any atom is 0.331 e. The van der Waals surface area contributed by atoms with E-state index >= 15 is 0 Å². The van der Waals surface area contributed by atoms with Crippen molar-refractivity contribution in [3.63, 3.8) is 0 Å². The van der Waals surface area contributed by atoms with Gasteiger partial charge < -0.3 is 10.1 Å². The number of nitrogens with zero attached hydrogens (tertiary/aromatic N) is 2. The highest BCUT2D eigenvalue weighted by atomic mass is 79.9. The molecule has 3 rings (SSSR count). The summed E-state index contributed by atoms with van der Waals surface area (Å²) in [5.41, 5.74) is 0.851. The Labute approximate surface area is 156 Å². The van der Waals surface area contributed by atoms with Crippen LogP contribution in [0, 0.1) is 10.1 Å². The van der Waals surface area contributed by atoms with Crippen molar-refractivity contribution in [2.75, 3.05) is 5.32 Å². The Kier molecular flexibility index (Phi) is 5.23. The van der Waals surface area contributed by atoms with E-state index in [4.69, 9.17) is 4.74 Å². The number of hydrogen-bond acceptors (Lipinski definition) is 5. The zero-order valence-electron chi connectivity index (χ0n) is 13.3. The molecule has 0 aliphatic heterocycles. The summed E-state index contributed by atoms with van der Waals surface area (Å²) in [6.07, 6.45) is 1.41. The normalized spacial score (nSPS) is 10.2. The predicted molar refractivity (Wildman–Crippen MR) is 99.5 cm³/mol. The van der Waals surface area contributed by atoms with Gasteiger partial charge in [-0.2, -0.15) is 0 Å². The van der Waals surface area contributed by atoms with Crippen molar-refractivity contribution in [2.24, 2.45) is 0 Å². The van der Waals surface area contributed by atoms with Gasteiger partial charge in [-0.1, -0.05) is 12.1 Å². The molecule has 0 saturated heterocycles. The minimum atomic E-state index is -0.561. The van der Waals surface area contributed by atoms with Crippen LogP contribution in [0.25, 0.3) is 0 Å². The molecule has 0 radical (unpaired) electrons. The number of rotatable bonds is 5. The van der Waals surface area contributed by atoms with E-state index in [-0.39, 0.29) is 17.5 Å². The average Bonchev–Trinajstić information content (AvgIpc) is 2.64. The molecular weight excluding hydrogens is 402 g/mol. The van der Waals surface area contributed by atoms with Gasteiger partial charge in [0.2, 0.25) is 0 Å². The van der Waals surface area contributed by atoms with Crippen molar-refractivity contribution >= 4 is 33.2 Å². The Morgan fingerprint density at radius 2 is 1.81 bits per heavy atom. The van der Waals surface area contributed by atoms with Crippen LogP contribution in [0.3, 0.4) is 0 Å². The van der Waals surface area contributed by atoms with Gasteiger partial charge in [0.25, 0.3) is 11.8 Å². The first kappa shape index (κ1) is 17.6. The lowest BCUT2D eigenvalue weighted by atomic mass is 10.2. The molecule has 130 valence electrons. The summed E-state index contributed by atoms with van der Waals surface area (Å²) in [6, 6.07) is 16.3. The van der Waals surface area contributed by atoms with Gasteiger partial charge in [-0.3, -0.25) is 14.9 Å². The summed E-state index contributed by atoms with van der Waals surface area (Å²) >= 11 is 3.33. The van der Waals surface area contributed by atoms with Crippen LogP contribution in [0.1, 0.15) is 10.4 Å². The second-order valence-corrected chi connectivity index (χ2v) is 6.00. The van der Waals surface area contributed by atoms with E-state index in [9.17, 15) is 14.9 Å². The smallest absolute Gasteiger partial charge is 0.331 e. The number of ether oxygens (including phenoxy) is 1. The van der Waals surface area contributed by atoms with Crippen LogP contribution in [0.2, 0.25) is 0 Å². The Balaban J connectivity index is 1.72. The van der Waals surface area contributed by atoms with Gasteiger partial charge in [-0.25, -0.2) is 4.98 Å². The van der Waals surface area contributed by atoms with Crippen molar-refractivity contribution in [2.45, 2.75) is 0 Å². The second kappa shape index (κ2) is 7.75. The van der Waals surface area contributed by atoms with Gasteiger partial charge in [0.05, 0.1) is 10.5 Å². The summed E-state index contributed by atoms with van der Waals surface area (Å²) in [5.74, 6) is 0.0136. The minimum absolute atomic E-state index is 0.0949. The summed E-state index contributed by atoms with van der Waals surface area (Å²) in [5, 5.41) is 13.8. The largest absolute Gasteiger partial charge is 0.434 e. The van der Waals surface area contributed by atoms with E-state index in [0.717, 1.165) is 0 Å². The summed E-state index contributed by atoms with van der Waals surface area (Å²) in [4.78, 5) is 26.6. The molecule has 0 spiro atoms. The summed E-state index contributed by atoms with van der Waals surface area (Å²) in [6.45, 7) is 0. The van der Waals surface area contributed by atoms with Crippen molar-refractivity contribution in [3.8, 4) is 11.6 Å². The van der Waals surface area contributed by atoms with Gasteiger partial charge in [-0.15, -0.1) is 0 Å². The van der Waals surface area contributed by atoms with Crippen LogP contribution in [-0.4, -0.2) is 15.8 Å². The third-order valence-electron chi connectivity index (χ3n) is 3.39. The zero-order valence-corrected chi connectivity index (χ0v) is 14.8. The zero-order chi connectivity index (χ0) is 18.5. The number of nitro groups is 1. The number of amides is 1. The molecule has 1 amide bonds. The number of pyridine rings is 1. The molecule has 0 atom stereocenters. The SMILES string of the molecule is O=C(Nc1ccc(Oc2ncccc2[N+](=O)[O-])cc1)c1ccccc1Br. The quantitative estimate of drug-likeness (QED) is 0.478. The molecule has 7 nitrogen and oxygen atoms in total. The number of carbonyl (C=O) groups is 1. The monoisotopic (exact) mass is 413 g/mol. The molecule has 1 heterocycles. The number of halogens is 1. The lowest BCUT2D eigenvalue weighted by Gasteiger charge is -2.08. The summed E-state index contributed by atoms with van der Waals surface area (Å²) < 4.78 is 6.16. The predicted octanol–water partition coefficient (Wildman–Crippen LogP) is 4.80. The topological polar surface area (TPSA) is 94.4 Å². The first-order valence-electron chi connectivity index (χ1n) is 7.48. The van der Waals surface area contributed by atoms with E-state index < -0.39 is 4.92 Å². The molecular formula is C18H12BrN3O4. The number of aromatic nitrogens is 1. The number of anilines is 1. The van der Waals surface area contributed by atoms with Crippen LogP contribution >= 0.6 is 15.9 Å². The molecule has 0 fully saturated rings. The lowest BCUT2D eigenvalue weighted by Crippen LogP contribution is -2.12. The van der Waals surface area contributed by atoms with Crippen molar-refractivity contribution in [1.82, 2.24) is 4.98 Å². The fourth-order valence-corrected chi connectivity index (χ4v) is 2.63. The standard InChI is InChI=1S/C18H12BrN3O4/c19-15-5-2-1-4-14(15)17(23)21-12-7-9-13(10-8-12)26-18-16(22(24)25)6-3-11-20-18/h1-11H,(H,21,23). The maximum absolute atomic E-state index is 12.3. The highest BCUT2D eigenvalue weighted by Crippen LogP contribution is 2.29. The van der Waals surface area contributed by atoms with Crippen molar-refractivity contribution in [1.29, 1.82) is 0 Å². The third kappa shape index (κ3) is 4.04. The number of nitrogens with one attached hydrogen (secondary N) is 1. The van der Waals surface area contributed by atoms with Crippen LogP contribution in [0.5, 0.6) is 11.6 Å². The molecule has 2 aromatic carbocycles. The molecule has 0 bridgehead atoms. The van der Waals surface area contributed by atoms with E-state index in [1.807, 2.05) is 6.07 Å². The number of benzene rings is 2. The first-order chi connectivity index (χ1) is 12.5. The molecule has 0 saturated carbocycles.